The van der Waals surface area contributed by atoms with Crippen LogP contribution in [0.1, 0.15) is 23.2 Å². The molecule has 0 radical (unpaired) electrons. The monoisotopic (exact) mass is 231 g/mol. The first kappa shape index (κ1) is 12.4. The second kappa shape index (κ2) is 4.87. The van der Waals surface area contributed by atoms with E-state index in [-0.39, 0.29) is 23.3 Å². The predicted molar refractivity (Wildman–Crippen MR) is 51.3 cm³/mol. The Morgan fingerprint density at radius 2 is 2.25 bits per heavy atom. The molecule has 0 bridgehead atoms. The summed E-state index contributed by atoms with van der Waals surface area (Å²) in [5.74, 6) is -0.892. The minimum Gasteiger partial charge on any atom is -0.506 e. The van der Waals surface area contributed by atoms with Crippen molar-refractivity contribution in [1.29, 1.82) is 0 Å². The molecule has 0 fully saturated rings. The van der Waals surface area contributed by atoms with Gasteiger partial charge in [0.25, 0.3) is 6.43 Å². The molecule has 1 aromatic rings. The number of carbonyl (C=O) groups is 1. The van der Waals surface area contributed by atoms with Crippen molar-refractivity contribution in [3.63, 3.8) is 0 Å². The summed E-state index contributed by atoms with van der Waals surface area (Å²) >= 11 is 0. The molecule has 88 valence electrons. The van der Waals surface area contributed by atoms with E-state index in [1.165, 1.54) is 14.0 Å². The quantitative estimate of drug-likeness (QED) is 0.805. The molecule has 1 aromatic heterocycles. The van der Waals surface area contributed by atoms with Crippen LogP contribution >= 0.6 is 0 Å². The van der Waals surface area contributed by atoms with Gasteiger partial charge in [-0.1, -0.05) is 0 Å². The van der Waals surface area contributed by atoms with Crippen molar-refractivity contribution in [3.8, 4) is 5.75 Å². The summed E-state index contributed by atoms with van der Waals surface area (Å²) in [5.41, 5.74) is -0.200. The molecule has 0 saturated heterocycles. The molecule has 0 amide bonds. The van der Waals surface area contributed by atoms with Crippen LogP contribution in [0, 0.1) is 6.92 Å². The van der Waals surface area contributed by atoms with Crippen LogP contribution in [0.5, 0.6) is 5.75 Å². The Kier molecular flexibility index (Phi) is 3.76. The van der Waals surface area contributed by atoms with E-state index in [1.807, 2.05) is 0 Å². The van der Waals surface area contributed by atoms with Gasteiger partial charge in [0, 0.05) is 5.56 Å². The molecule has 0 aromatic carbocycles. The van der Waals surface area contributed by atoms with E-state index >= 15 is 0 Å². The van der Waals surface area contributed by atoms with Crippen LogP contribution in [0.3, 0.4) is 0 Å². The highest BCUT2D eigenvalue weighted by atomic mass is 19.3. The smallest absolute Gasteiger partial charge is 0.310 e. The third kappa shape index (κ3) is 2.44. The van der Waals surface area contributed by atoms with E-state index in [4.69, 9.17) is 0 Å². The SMILES string of the molecule is COC(=O)Cc1c(O)cnc(C(F)F)c1C. The maximum Gasteiger partial charge on any atom is 0.310 e. The molecule has 16 heavy (non-hydrogen) atoms. The Morgan fingerprint density at radius 1 is 1.62 bits per heavy atom. The zero-order chi connectivity index (χ0) is 12.3. The Morgan fingerprint density at radius 3 is 2.75 bits per heavy atom. The first-order valence-corrected chi connectivity index (χ1v) is 4.49. The minimum absolute atomic E-state index is 0.111. The summed E-state index contributed by atoms with van der Waals surface area (Å²) in [6, 6.07) is 0. The lowest BCUT2D eigenvalue weighted by atomic mass is 10.0. The Bertz CT molecular complexity index is 407. The summed E-state index contributed by atoms with van der Waals surface area (Å²) in [4.78, 5) is 14.4. The summed E-state index contributed by atoms with van der Waals surface area (Å²) < 4.78 is 29.4. The van der Waals surface area contributed by atoms with Crippen molar-refractivity contribution >= 4 is 5.97 Å². The maximum atomic E-state index is 12.5. The van der Waals surface area contributed by atoms with Crippen molar-refractivity contribution in [2.75, 3.05) is 7.11 Å². The van der Waals surface area contributed by atoms with Gasteiger partial charge < -0.3 is 9.84 Å². The van der Waals surface area contributed by atoms with Crippen LogP contribution in [-0.2, 0) is 16.0 Å². The third-order valence-electron chi connectivity index (χ3n) is 2.23. The van der Waals surface area contributed by atoms with E-state index in [0.717, 1.165) is 6.20 Å². The third-order valence-corrected chi connectivity index (χ3v) is 2.23. The van der Waals surface area contributed by atoms with Crippen molar-refractivity contribution < 1.29 is 23.4 Å². The Balaban J connectivity index is 3.16. The molecule has 0 saturated carbocycles. The van der Waals surface area contributed by atoms with E-state index in [1.54, 1.807) is 0 Å². The largest absolute Gasteiger partial charge is 0.506 e. The molecular weight excluding hydrogens is 220 g/mol. The molecule has 0 aliphatic heterocycles. The van der Waals surface area contributed by atoms with Gasteiger partial charge >= 0.3 is 5.97 Å². The van der Waals surface area contributed by atoms with Crippen LogP contribution in [0.4, 0.5) is 8.78 Å². The fourth-order valence-electron chi connectivity index (χ4n) is 1.31. The van der Waals surface area contributed by atoms with Gasteiger partial charge in [0.2, 0.25) is 0 Å². The number of carbonyl (C=O) groups excluding carboxylic acids is 1. The first-order valence-electron chi connectivity index (χ1n) is 4.49. The summed E-state index contributed by atoms with van der Waals surface area (Å²) in [5, 5.41) is 9.43. The number of aromatic hydroxyl groups is 1. The van der Waals surface area contributed by atoms with Gasteiger partial charge in [0.1, 0.15) is 11.4 Å². The standard InChI is InChI=1S/C10H11F2NO3/c1-5-6(3-8(15)16-2)7(14)4-13-9(5)10(11)12/h4,10,14H,3H2,1-2H3. The van der Waals surface area contributed by atoms with Crippen molar-refractivity contribution in [2.24, 2.45) is 0 Å². The van der Waals surface area contributed by atoms with Crippen LogP contribution in [0.2, 0.25) is 0 Å². The highest BCUT2D eigenvalue weighted by Crippen LogP contribution is 2.28. The fourth-order valence-corrected chi connectivity index (χ4v) is 1.31. The molecule has 0 aliphatic carbocycles. The second-order valence-electron chi connectivity index (χ2n) is 3.19. The number of alkyl halides is 2. The average Bonchev–Trinajstić information content (AvgIpc) is 2.23. The molecule has 0 atom stereocenters. The highest BCUT2D eigenvalue weighted by Gasteiger charge is 2.19. The first-order chi connectivity index (χ1) is 7.47. The lowest BCUT2D eigenvalue weighted by Crippen LogP contribution is -2.08. The topological polar surface area (TPSA) is 59.4 Å². The lowest BCUT2D eigenvalue weighted by Gasteiger charge is -2.10. The van der Waals surface area contributed by atoms with Gasteiger partial charge in [0.05, 0.1) is 19.7 Å². The minimum atomic E-state index is -2.74. The van der Waals surface area contributed by atoms with Crippen molar-refractivity contribution in [2.45, 2.75) is 19.8 Å². The number of methoxy groups -OCH3 is 1. The molecule has 1 heterocycles. The molecular formula is C10H11F2NO3. The van der Waals surface area contributed by atoms with Gasteiger partial charge in [-0.2, -0.15) is 0 Å². The number of rotatable bonds is 3. The van der Waals surface area contributed by atoms with E-state index in [2.05, 4.69) is 9.72 Å². The van der Waals surface area contributed by atoms with E-state index < -0.39 is 18.1 Å². The van der Waals surface area contributed by atoms with Gasteiger partial charge in [-0.3, -0.25) is 9.78 Å². The highest BCUT2D eigenvalue weighted by molar-refractivity contribution is 5.74. The van der Waals surface area contributed by atoms with Crippen LogP contribution < -0.4 is 0 Å². The number of nitrogens with zero attached hydrogens (tertiary/aromatic N) is 1. The van der Waals surface area contributed by atoms with Crippen LogP contribution in [0.25, 0.3) is 0 Å². The number of halogens is 2. The predicted octanol–water partition coefficient (Wildman–Crippen LogP) is 1.75. The zero-order valence-corrected chi connectivity index (χ0v) is 8.83. The van der Waals surface area contributed by atoms with Crippen LogP contribution in [0.15, 0.2) is 6.20 Å². The Hall–Kier alpha value is -1.72. The van der Waals surface area contributed by atoms with Crippen molar-refractivity contribution in [1.82, 2.24) is 4.98 Å². The zero-order valence-electron chi connectivity index (χ0n) is 8.83. The molecule has 1 rings (SSSR count). The molecule has 4 nitrogen and oxygen atoms in total. The molecule has 6 heteroatoms. The summed E-state index contributed by atoms with van der Waals surface area (Å²) in [7, 11) is 1.18. The van der Waals surface area contributed by atoms with Gasteiger partial charge in [-0.05, 0) is 12.5 Å². The number of ether oxygens (including phenoxy) is 1. The van der Waals surface area contributed by atoms with E-state index in [9.17, 15) is 18.7 Å². The number of hydrogen-bond acceptors (Lipinski definition) is 4. The molecule has 1 N–H and O–H groups in total. The molecule has 0 aliphatic rings. The Labute approximate surface area is 90.9 Å². The van der Waals surface area contributed by atoms with Crippen molar-refractivity contribution in [3.05, 3.63) is 23.0 Å². The van der Waals surface area contributed by atoms with Gasteiger partial charge in [-0.25, -0.2) is 8.78 Å². The molecule has 0 unspecified atom stereocenters. The number of aromatic nitrogens is 1. The van der Waals surface area contributed by atoms with Gasteiger partial charge in [-0.15, -0.1) is 0 Å². The average molecular weight is 231 g/mol. The van der Waals surface area contributed by atoms with Gasteiger partial charge in [0.15, 0.2) is 0 Å². The fraction of sp³-hybridized carbons (Fsp3) is 0.400. The molecule has 0 spiro atoms. The van der Waals surface area contributed by atoms with E-state index in [0.29, 0.717) is 0 Å². The number of esters is 1. The normalized spacial score (nSPS) is 10.6. The van der Waals surface area contributed by atoms with Crippen LogP contribution in [-0.4, -0.2) is 23.2 Å². The summed E-state index contributed by atoms with van der Waals surface area (Å²) in [6.07, 6.45) is -2.08. The summed E-state index contributed by atoms with van der Waals surface area (Å²) in [6.45, 7) is 1.38. The number of hydrogen-bond donors (Lipinski definition) is 1. The second-order valence-corrected chi connectivity index (χ2v) is 3.19. The lowest BCUT2D eigenvalue weighted by molar-refractivity contribution is -0.139. The maximum absolute atomic E-state index is 12.5. The number of pyridine rings is 1.